The molecule has 1 saturated heterocycles. The fraction of sp³-hybridized carbons (Fsp3) is 0.327. The van der Waals surface area contributed by atoms with Gasteiger partial charge in [0.15, 0.2) is 23.6 Å². The molecule has 6 aromatic rings. The standard InChI is InChI=1S/C52H48ClN3O15/c1-22-46(61)32(14-40(69-22)71-38-17-52(67,39(60)21-57)16-31-43(38)50(65)45-44(48(31)63)47(62)29-5-4-6-36(68-3)42(29)49(45)64)54-19-24-7-9-28-30(11-24)41-26(18-53)20-56(33(41)15-34(28)59)51(66)37-13-25-12-27(55-23(2)58)8-10-35(25)70-37/h4-13,15,22,26,32,38,40,46,54,57,59,61,63,65,67H,14,16-21H2,1-3H3,(H,55,58)/t22-,26?,32-,38+,40?,46+,52?/m0/s1. The molecule has 3 unspecified atom stereocenters. The van der Waals surface area contributed by atoms with Gasteiger partial charge in [-0.3, -0.25) is 24.0 Å². The Labute approximate surface area is 409 Å². The van der Waals surface area contributed by atoms with Crippen molar-refractivity contribution in [2.45, 2.75) is 81.8 Å². The average molecular weight is 990 g/mol. The van der Waals surface area contributed by atoms with Gasteiger partial charge in [0, 0.05) is 96.3 Å². The van der Waals surface area contributed by atoms with Crippen LogP contribution in [-0.2, 0) is 32.0 Å². The lowest BCUT2D eigenvalue weighted by Crippen LogP contribution is -2.54. The smallest absolute Gasteiger partial charge is 0.294 e. The minimum Gasteiger partial charge on any atom is -0.507 e. The van der Waals surface area contributed by atoms with E-state index >= 15 is 0 Å². The lowest BCUT2D eigenvalue weighted by Gasteiger charge is -2.43. The number of aliphatic hydroxyl groups excluding tert-OH is 2. The molecule has 7 atom stereocenters. The fourth-order valence-electron chi connectivity index (χ4n) is 10.7. The molecule has 0 radical (unpaired) electrons. The van der Waals surface area contributed by atoms with E-state index in [-0.39, 0.29) is 76.7 Å². The number of benzene rings is 5. The molecule has 0 spiro atoms. The molecular weight excluding hydrogens is 942 g/mol. The van der Waals surface area contributed by atoms with Gasteiger partial charge in [-0.1, -0.05) is 24.3 Å². The van der Waals surface area contributed by atoms with Crippen molar-refractivity contribution in [2.75, 3.05) is 36.4 Å². The number of furan rings is 1. The van der Waals surface area contributed by atoms with Crippen molar-refractivity contribution in [3.8, 4) is 23.0 Å². The van der Waals surface area contributed by atoms with Gasteiger partial charge in [0.2, 0.25) is 11.7 Å². The molecule has 2 aliphatic heterocycles. The number of carbonyl (C=O) groups is 5. The number of rotatable bonds is 11. The molecule has 0 bridgehead atoms. The molecule has 2 amide bonds. The third kappa shape index (κ3) is 7.95. The summed E-state index contributed by atoms with van der Waals surface area (Å²) in [5.74, 6) is -4.92. The van der Waals surface area contributed by atoms with Gasteiger partial charge in [0.25, 0.3) is 5.91 Å². The number of Topliss-reactive ketones (excluding diaryl/α,β-unsaturated/α-hetero) is 1. The van der Waals surface area contributed by atoms with Crippen LogP contribution in [0.3, 0.4) is 0 Å². The molecule has 1 aromatic heterocycles. The van der Waals surface area contributed by atoms with Crippen LogP contribution in [0.5, 0.6) is 23.0 Å². The highest BCUT2D eigenvalue weighted by molar-refractivity contribution is 6.31. The molecule has 0 saturated carbocycles. The molecule has 5 aromatic carbocycles. The number of phenolic OH excluding ortho intramolecular Hbond substituents is 3. The lowest BCUT2D eigenvalue weighted by molar-refractivity contribution is -0.250. The monoisotopic (exact) mass is 989 g/mol. The number of methoxy groups -OCH3 is 1. The molecule has 18 nitrogen and oxygen atoms in total. The van der Waals surface area contributed by atoms with Crippen LogP contribution >= 0.6 is 11.6 Å². The van der Waals surface area contributed by atoms with Gasteiger partial charge in [0.05, 0.1) is 47.8 Å². The number of aliphatic hydroxyl groups is 3. The van der Waals surface area contributed by atoms with Crippen molar-refractivity contribution in [2.24, 2.45) is 0 Å². The summed E-state index contributed by atoms with van der Waals surface area (Å²) in [7, 11) is 1.31. The SMILES string of the molecule is COc1cccc2c1C(=O)c1c(O)c3c(c(O)c1C2=O)CC(O)(C(=O)CO)C[C@H]3OC1C[C@H](NCc2ccc3c(O)cc4c(c3c2)C(CCl)CN4C(=O)c2cc3cc(NC(C)=O)ccc3o2)[C@H](O)[C@H](C)O1. The number of nitrogens with one attached hydrogen (secondary N) is 2. The Morgan fingerprint density at radius 2 is 1.72 bits per heavy atom. The van der Waals surface area contributed by atoms with E-state index in [2.05, 4.69) is 10.6 Å². The van der Waals surface area contributed by atoms with Gasteiger partial charge >= 0.3 is 0 Å². The number of hydrogen-bond donors (Lipinski definition) is 8. The molecule has 10 rings (SSSR count). The normalized spacial score (nSPS) is 23.6. The van der Waals surface area contributed by atoms with E-state index in [0.717, 1.165) is 11.1 Å². The highest BCUT2D eigenvalue weighted by Gasteiger charge is 2.50. The quantitative estimate of drug-likeness (QED) is 0.0597. The van der Waals surface area contributed by atoms with Gasteiger partial charge in [-0.2, -0.15) is 0 Å². The number of ketones is 3. The average Bonchev–Trinajstić information content (AvgIpc) is 3.95. The Bertz CT molecular complexity index is 3260. The van der Waals surface area contributed by atoms with Crippen LogP contribution in [0.25, 0.3) is 21.7 Å². The lowest BCUT2D eigenvalue weighted by atomic mass is 9.72. The van der Waals surface area contributed by atoms with Crippen molar-refractivity contribution >= 4 is 73.9 Å². The number of nitrogens with zero attached hydrogens (tertiary/aromatic N) is 1. The van der Waals surface area contributed by atoms with E-state index < -0.39 is 102 Å². The van der Waals surface area contributed by atoms with Crippen LogP contribution < -0.4 is 20.3 Å². The zero-order valence-corrected chi connectivity index (χ0v) is 39.2. The summed E-state index contributed by atoms with van der Waals surface area (Å²) in [6.45, 7) is 2.30. The Hall–Kier alpha value is -6.90. The summed E-state index contributed by atoms with van der Waals surface area (Å²) >= 11 is 6.56. The summed E-state index contributed by atoms with van der Waals surface area (Å²) in [5.41, 5.74) is -1.08. The first-order valence-electron chi connectivity index (χ1n) is 22.9. The molecule has 2 aliphatic carbocycles. The zero-order valence-electron chi connectivity index (χ0n) is 38.4. The third-order valence-electron chi connectivity index (χ3n) is 14.1. The molecule has 1 fully saturated rings. The number of phenols is 3. The number of carbonyl (C=O) groups excluding carboxylic acids is 5. The van der Waals surface area contributed by atoms with Crippen LogP contribution in [0.15, 0.2) is 71.1 Å². The number of fused-ring (bicyclic) bond motifs is 7. The third-order valence-corrected chi connectivity index (χ3v) is 14.5. The van der Waals surface area contributed by atoms with Gasteiger partial charge in [0.1, 0.15) is 40.8 Å². The second-order valence-electron chi connectivity index (χ2n) is 18.5. The highest BCUT2D eigenvalue weighted by atomic mass is 35.5. The predicted octanol–water partition coefficient (Wildman–Crippen LogP) is 5.38. The van der Waals surface area contributed by atoms with Crippen molar-refractivity contribution in [1.82, 2.24) is 5.32 Å². The van der Waals surface area contributed by atoms with E-state index in [1.54, 1.807) is 43.3 Å². The maximum absolute atomic E-state index is 14.1. The summed E-state index contributed by atoms with van der Waals surface area (Å²) < 4.78 is 23.8. The van der Waals surface area contributed by atoms with Gasteiger partial charge in [-0.25, -0.2) is 0 Å². The topological polar surface area (TPSA) is 275 Å². The number of amides is 2. The van der Waals surface area contributed by atoms with Gasteiger partial charge in [-0.15, -0.1) is 11.6 Å². The maximum atomic E-state index is 14.1. The zero-order chi connectivity index (χ0) is 50.4. The first-order chi connectivity index (χ1) is 33.9. The highest BCUT2D eigenvalue weighted by Crippen LogP contribution is 2.53. The number of aromatic hydroxyl groups is 3. The summed E-state index contributed by atoms with van der Waals surface area (Å²) in [4.78, 5) is 68.5. The molecule has 8 N–H and O–H groups in total. The fourth-order valence-corrected chi connectivity index (χ4v) is 10.9. The minimum atomic E-state index is -2.35. The Morgan fingerprint density at radius 1 is 0.944 bits per heavy atom. The molecule has 4 aliphatic rings. The van der Waals surface area contributed by atoms with Crippen molar-refractivity contribution in [1.29, 1.82) is 0 Å². The van der Waals surface area contributed by atoms with Crippen molar-refractivity contribution in [3.05, 3.63) is 117 Å². The number of anilines is 2. The van der Waals surface area contributed by atoms with Gasteiger partial charge < -0.3 is 64.8 Å². The first kappa shape index (κ1) is 47.8. The summed E-state index contributed by atoms with van der Waals surface area (Å²) in [6.07, 6.45) is -5.83. The summed E-state index contributed by atoms with van der Waals surface area (Å²) in [5, 5.41) is 76.0. The van der Waals surface area contributed by atoms with Crippen LogP contribution in [-0.4, -0.2) is 116 Å². The number of alkyl halides is 1. The van der Waals surface area contributed by atoms with E-state index in [4.69, 9.17) is 30.2 Å². The van der Waals surface area contributed by atoms with E-state index in [0.29, 0.717) is 33.1 Å². The molecule has 71 heavy (non-hydrogen) atoms. The Balaban J connectivity index is 0.924. The largest absolute Gasteiger partial charge is 0.507 e. The Kier molecular flexibility index (Phi) is 12.1. The van der Waals surface area contributed by atoms with Crippen LogP contribution in [0, 0.1) is 0 Å². The second kappa shape index (κ2) is 18.1. The van der Waals surface area contributed by atoms with Crippen LogP contribution in [0.2, 0.25) is 0 Å². The maximum Gasteiger partial charge on any atom is 0.294 e. The molecular formula is C52H48ClN3O15. The van der Waals surface area contributed by atoms with Gasteiger partial charge in [-0.05, 0) is 59.8 Å². The molecule has 3 heterocycles. The van der Waals surface area contributed by atoms with Crippen molar-refractivity contribution in [3.63, 3.8) is 0 Å². The van der Waals surface area contributed by atoms with Crippen LogP contribution in [0.1, 0.15) is 103 Å². The first-order valence-corrected chi connectivity index (χ1v) is 23.4. The van der Waals surface area contributed by atoms with Crippen molar-refractivity contribution < 1.29 is 73.2 Å². The minimum absolute atomic E-state index is 0.0328. The van der Waals surface area contributed by atoms with E-state index in [1.807, 2.05) is 6.07 Å². The number of ether oxygens (including phenoxy) is 3. The number of hydrogen-bond acceptors (Lipinski definition) is 16. The van der Waals surface area contributed by atoms with E-state index in [9.17, 15) is 54.6 Å². The molecule has 368 valence electrons. The predicted molar refractivity (Wildman–Crippen MR) is 256 cm³/mol. The summed E-state index contributed by atoms with van der Waals surface area (Å²) in [6, 6.07) is 17.2. The van der Waals surface area contributed by atoms with E-state index in [1.165, 1.54) is 43.2 Å². The second-order valence-corrected chi connectivity index (χ2v) is 18.8. The molecule has 19 heteroatoms. The number of halogens is 1. The Morgan fingerprint density at radius 3 is 2.45 bits per heavy atom. The van der Waals surface area contributed by atoms with Crippen LogP contribution in [0.4, 0.5) is 11.4 Å².